The fourth-order valence-corrected chi connectivity index (χ4v) is 5.29. The Balaban J connectivity index is 1.54. The highest BCUT2D eigenvalue weighted by Crippen LogP contribution is 2.33. The summed E-state index contributed by atoms with van der Waals surface area (Å²) in [6.07, 6.45) is 1.51. The van der Waals surface area contributed by atoms with Gasteiger partial charge in [-0.05, 0) is 38.5 Å². The molecule has 2 N–H and O–H groups in total. The second-order valence-electron chi connectivity index (χ2n) is 7.17. The van der Waals surface area contributed by atoms with E-state index in [9.17, 15) is 9.59 Å². The van der Waals surface area contributed by atoms with Crippen LogP contribution in [0.1, 0.15) is 28.4 Å². The van der Waals surface area contributed by atoms with Crippen LogP contribution < -0.4 is 11.1 Å². The van der Waals surface area contributed by atoms with Crippen molar-refractivity contribution >= 4 is 44.3 Å². The molecule has 4 heterocycles. The van der Waals surface area contributed by atoms with Crippen LogP contribution in [0.5, 0.6) is 0 Å². The molecule has 0 aliphatic rings. The first-order valence-corrected chi connectivity index (χ1v) is 11.3. The van der Waals surface area contributed by atoms with Gasteiger partial charge in [0.25, 0.3) is 11.1 Å². The van der Waals surface area contributed by atoms with Gasteiger partial charge < -0.3 is 9.97 Å². The van der Waals surface area contributed by atoms with Gasteiger partial charge >= 0.3 is 0 Å². The van der Waals surface area contributed by atoms with E-state index in [2.05, 4.69) is 25.0 Å². The molecule has 0 fully saturated rings. The third-order valence-electron chi connectivity index (χ3n) is 5.15. The topological polar surface area (TPSA) is 109 Å². The van der Waals surface area contributed by atoms with Crippen LogP contribution in [0.2, 0.25) is 0 Å². The van der Waals surface area contributed by atoms with Crippen molar-refractivity contribution in [2.45, 2.75) is 31.2 Å². The highest BCUT2D eigenvalue weighted by atomic mass is 32.2. The molecule has 4 aromatic heterocycles. The van der Waals surface area contributed by atoms with Crippen molar-refractivity contribution in [3.05, 3.63) is 73.5 Å². The second kappa shape index (κ2) is 7.47. The monoisotopic (exact) mass is 450 g/mol. The van der Waals surface area contributed by atoms with Gasteiger partial charge in [0.15, 0.2) is 10.8 Å². The Bertz CT molecular complexity index is 1550. The lowest BCUT2D eigenvalue weighted by atomic mass is 10.2. The van der Waals surface area contributed by atoms with Crippen LogP contribution in [-0.4, -0.2) is 29.7 Å². The number of aromatic nitrogens is 6. The van der Waals surface area contributed by atoms with E-state index < -0.39 is 0 Å². The molecule has 5 rings (SSSR count). The number of nitrogens with zero attached hydrogens (tertiary/aromatic N) is 4. The molecule has 0 amide bonds. The van der Waals surface area contributed by atoms with Gasteiger partial charge in [-0.15, -0.1) is 11.3 Å². The molecule has 8 nitrogen and oxygen atoms in total. The minimum absolute atomic E-state index is 0.145. The number of aryl methyl sites for hydroxylation is 2. The molecule has 1 atom stereocenters. The van der Waals surface area contributed by atoms with E-state index in [-0.39, 0.29) is 16.4 Å². The van der Waals surface area contributed by atoms with Crippen LogP contribution in [0, 0.1) is 13.8 Å². The number of aromatic amines is 2. The van der Waals surface area contributed by atoms with Crippen molar-refractivity contribution < 1.29 is 0 Å². The number of para-hydroxylation sites is 1. The lowest BCUT2D eigenvalue weighted by molar-refractivity contribution is 0.865. The molecule has 5 aromatic rings. The molecular weight excluding hydrogens is 432 g/mol. The van der Waals surface area contributed by atoms with E-state index in [0.717, 1.165) is 21.0 Å². The first-order valence-electron chi connectivity index (χ1n) is 9.62. The van der Waals surface area contributed by atoms with Gasteiger partial charge in [0, 0.05) is 4.88 Å². The maximum Gasteiger partial charge on any atom is 0.262 e. The molecule has 0 aliphatic heterocycles. The summed E-state index contributed by atoms with van der Waals surface area (Å²) in [6.45, 7) is 5.84. The van der Waals surface area contributed by atoms with Crippen molar-refractivity contribution in [1.82, 2.24) is 29.7 Å². The Hall–Kier alpha value is -3.24. The predicted molar refractivity (Wildman–Crippen MR) is 123 cm³/mol. The molecule has 0 unspecified atom stereocenters. The minimum atomic E-state index is -0.261. The largest absolute Gasteiger partial charge is 0.309 e. The maximum atomic E-state index is 12.6. The maximum absolute atomic E-state index is 12.6. The van der Waals surface area contributed by atoms with Crippen LogP contribution in [0.15, 0.2) is 51.3 Å². The summed E-state index contributed by atoms with van der Waals surface area (Å²) in [5.74, 6) is 0.545. The smallest absolute Gasteiger partial charge is 0.262 e. The van der Waals surface area contributed by atoms with E-state index in [1.807, 2.05) is 51.1 Å². The van der Waals surface area contributed by atoms with Gasteiger partial charge in [-0.1, -0.05) is 30.0 Å². The highest BCUT2D eigenvalue weighted by molar-refractivity contribution is 7.99. The van der Waals surface area contributed by atoms with E-state index in [0.29, 0.717) is 27.4 Å². The quantitative estimate of drug-likeness (QED) is 0.318. The number of H-pyrrole nitrogens is 2. The fraction of sp³-hybridized carbons (Fsp3) is 0.190. The zero-order chi connectivity index (χ0) is 21.7. The SMILES string of the molecule is Cc1sc2nc([C@@H](C)Sc3nc4c(cnn4-c4ccccc4)c(=O)[nH]3)[nH]c(=O)c2c1C. The first kappa shape index (κ1) is 19.7. The number of rotatable bonds is 4. The van der Waals surface area contributed by atoms with Crippen molar-refractivity contribution in [1.29, 1.82) is 0 Å². The molecule has 10 heteroatoms. The molecule has 0 saturated carbocycles. The third kappa shape index (κ3) is 3.37. The van der Waals surface area contributed by atoms with Gasteiger partial charge in [0.2, 0.25) is 0 Å². The number of benzene rings is 1. The van der Waals surface area contributed by atoms with Gasteiger partial charge in [0.05, 0.1) is 22.5 Å². The van der Waals surface area contributed by atoms with Crippen LogP contribution in [-0.2, 0) is 0 Å². The predicted octanol–water partition coefficient (Wildman–Crippen LogP) is 3.88. The molecular formula is C21H18N6O2S2. The summed E-state index contributed by atoms with van der Waals surface area (Å²) in [5.41, 5.74) is 1.86. The Morgan fingerprint density at radius 1 is 1.06 bits per heavy atom. The highest BCUT2D eigenvalue weighted by Gasteiger charge is 2.18. The molecule has 0 radical (unpaired) electrons. The number of thioether (sulfide) groups is 1. The van der Waals surface area contributed by atoms with Gasteiger partial charge in [-0.3, -0.25) is 9.59 Å². The summed E-state index contributed by atoms with van der Waals surface area (Å²) < 4.78 is 1.64. The van der Waals surface area contributed by atoms with E-state index >= 15 is 0 Å². The second-order valence-corrected chi connectivity index (χ2v) is 9.71. The molecule has 31 heavy (non-hydrogen) atoms. The van der Waals surface area contributed by atoms with E-state index in [4.69, 9.17) is 0 Å². The summed E-state index contributed by atoms with van der Waals surface area (Å²) >= 11 is 2.84. The first-order chi connectivity index (χ1) is 14.9. The van der Waals surface area contributed by atoms with Gasteiger partial charge in [-0.25, -0.2) is 14.6 Å². The zero-order valence-electron chi connectivity index (χ0n) is 17.0. The molecule has 0 saturated heterocycles. The number of nitrogens with one attached hydrogen (secondary N) is 2. The average Bonchev–Trinajstić information content (AvgIpc) is 3.30. The number of thiophene rings is 1. The molecule has 0 spiro atoms. The summed E-state index contributed by atoms with van der Waals surface area (Å²) in [7, 11) is 0. The van der Waals surface area contributed by atoms with Crippen molar-refractivity contribution in [3.63, 3.8) is 0 Å². The van der Waals surface area contributed by atoms with Crippen LogP contribution in [0.4, 0.5) is 0 Å². The Morgan fingerprint density at radius 2 is 1.84 bits per heavy atom. The molecule has 0 bridgehead atoms. The fourth-order valence-electron chi connectivity index (χ4n) is 3.40. The van der Waals surface area contributed by atoms with Crippen LogP contribution in [0.25, 0.3) is 26.9 Å². The third-order valence-corrected chi connectivity index (χ3v) is 7.24. The average molecular weight is 451 g/mol. The van der Waals surface area contributed by atoms with Crippen LogP contribution >= 0.6 is 23.1 Å². The summed E-state index contributed by atoms with van der Waals surface area (Å²) in [5, 5.41) is 5.59. The number of hydrogen-bond acceptors (Lipinski definition) is 7. The Kier molecular flexibility index (Phi) is 4.75. The summed E-state index contributed by atoms with van der Waals surface area (Å²) in [4.78, 5) is 42.0. The van der Waals surface area contributed by atoms with E-state index in [1.165, 1.54) is 29.3 Å². The standard InChI is InChI=1S/C21H18N6O2S2/c1-10-11(2)30-20-15(10)19(29)23-16(24-20)12(3)31-21-25-17-14(18(28)26-21)9-22-27(17)13-7-5-4-6-8-13/h4-9,12H,1-3H3,(H,23,24,29)(H,25,26,28)/t12-/m1/s1. The lowest BCUT2D eigenvalue weighted by Crippen LogP contribution is -2.13. The molecule has 156 valence electrons. The van der Waals surface area contributed by atoms with Gasteiger partial charge in [-0.2, -0.15) is 5.10 Å². The van der Waals surface area contributed by atoms with Gasteiger partial charge in [0.1, 0.15) is 16.0 Å². The number of fused-ring (bicyclic) bond motifs is 2. The minimum Gasteiger partial charge on any atom is -0.309 e. The van der Waals surface area contributed by atoms with Crippen molar-refractivity contribution in [2.24, 2.45) is 0 Å². The lowest BCUT2D eigenvalue weighted by Gasteiger charge is -2.10. The molecule has 0 aliphatic carbocycles. The number of hydrogen-bond donors (Lipinski definition) is 2. The Morgan fingerprint density at radius 3 is 2.61 bits per heavy atom. The van der Waals surface area contributed by atoms with Crippen LogP contribution in [0.3, 0.4) is 0 Å². The molecule has 1 aromatic carbocycles. The normalized spacial score (nSPS) is 12.6. The van der Waals surface area contributed by atoms with Crippen molar-refractivity contribution in [2.75, 3.05) is 0 Å². The Labute approximate surface area is 184 Å². The summed E-state index contributed by atoms with van der Waals surface area (Å²) in [6, 6.07) is 9.53. The van der Waals surface area contributed by atoms with E-state index in [1.54, 1.807) is 4.68 Å². The zero-order valence-corrected chi connectivity index (χ0v) is 18.6. The van der Waals surface area contributed by atoms with Crippen molar-refractivity contribution in [3.8, 4) is 5.69 Å².